The molecule has 1 rings (SSSR count). The van der Waals surface area contributed by atoms with E-state index >= 15 is 0 Å². The monoisotopic (exact) mass is 276 g/mol. The predicted octanol–water partition coefficient (Wildman–Crippen LogP) is 1.41. The number of nitrogens with two attached hydrogens (primary N) is 1. The van der Waals surface area contributed by atoms with Gasteiger partial charge in [0.05, 0.1) is 5.69 Å². The second kappa shape index (κ2) is 5.09. The molecule has 0 saturated carbocycles. The summed E-state index contributed by atoms with van der Waals surface area (Å²) < 4.78 is 13.9. The molecule has 1 aromatic rings. The molecule has 4 nitrogen and oxygen atoms in total. The minimum Gasteiger partial charge on any atom is -0.480 e. The van der Waals surface area contributed by atoms with Crippen molar-refractivity contribution < 1.29 is 14.3 Å². The average molecular weight is 277 g/mol. The lowest BCUT2D eigenvalue weighted by molar-refractivity contribution is -0.138. The molecule has 15 heavy (non-hydrogen) atoms. The van der Waals surface area contributed by atoms with Gasteiger partial charge in [0.2, 0.25) is 0 Å². The minimum absolute atomic E-state index is 0.0251. The number of halogens is 2. The first-order valence-electron chi connectivity index (χ1n) is 4.18. The summed E-state index contributed by atoms with van der Waals surface area (Å²) >= 11 is 3.18. The number of nitrogens with one attached hydrogen (secondary N) is 1. The van der Waals surface area contributed by atoms with Crippen molar-refractivity contribution in [1.29, 1.82) is 0 Å². The first kappa shape index (κ1) is 11.9. The van der Waals surface area contributed by atoms with Gasteiger partial charge < -0.3 is 16.2 Å². The van der Waals surface area contributed by atoms with Gasteiger partial charge in [-0.25, -0.2) is 4.39 Å². The maximum absolute atomic E-state index is 13.1. The molecule has 1 atom stereocenters. The maximum atomic E-state index is 13.1. The maximum Gasteiger partial charge on any atom is 0.322 e. The van der Waals surface area contributed by atoms with Crippen molar-refractivity contribution in [3.05, 3.63) is 28.5 Å². The van der Waals surface area contributed by atoms with Gasteiger partial charge in [-0.1, -0.05) is 15.9 Å². The smallest absolute Gasteiger partial charge is 0.322 e. The number of aliphatic carboxylic acids is 1. The number of carboxylic acid groups (broad SMARTS) is 1. The number of hydrogen-bond acceptors (Lipinski definition) is 3. The molecule has 0 spiro atoms. The van der Waals surface area contributed by atoms with Crippen LogP contribution >= 0.6 is 15.9 Å². The summed E-state index contributed by atoms with van der Waals surface area (Å²) in [4.78, 5) is 10.4. The Morgan fingerprint density at radius 2 is 2.33 bits per heavy atom. The van der Waals surface area contributed by atoms with Crippen molar-refractivity contribution in [2.24, 2.45) is 5.73 Å². The number of carbonyl (C=O) groups is 1. The van der Waals surface area contributed by atoms with Crippen LogP contribution in [0.3, 0.4) is 0 Å². The Morgan fingerprint density at radius 3 is 2.93 bits per heavy atom. The van der Waals surface area contributed by atoms with Gasteiger partial charge in [0.15, 0.2) is 0 Å². The Hall–Kier alpha value is -1.14. The zero-order chi connectivity index (χ0) is 11.4. The van der Waals surface area contributed by atoms with Crippen molar-refractivity contribution in [3.63, 3.8) is 0 Å². The lowest BCUT2D eigenvalue weighted by Crippen LogP contribution is -2.37. The molecular formula is C9H10BrFN2O2. The molecule has 0 saturated heterocycles. The molecule has 1 aromatic carbocycles. The number of carboxylic acids is 1. The van der Waals surface area contributed by atoms with E-state index in [1.165, 1.54) is 12.1 Å². The van der Waals surface area contributed by atoms with Crippen LogP contribution in [-0.4, -0.2) is 23.7 Å². The molecule has 0 unspecified atom stereocenters. The van der Waals surface area contributed by atoms with Gasteiger partial charge in [-0.15, -0.1) is 0 Å². The fraction of sp³-hybridized carbons (Fsp3) is 0.222. The van der Waals surface area contributed by atoms with E-state index in [1.54, 1.807) is 6.07 Å². The van der Waals surface area contributed by atoms with Crippen LogP contribution in [0.15, 0.2) is 22.7 Å². The van der Waals surface area contributed by atoms with Crippen LogP contribution in [0.1, 0.15) is 0 Å². The fourth-order valence-corrected chi connectivity index (χ4v) is 1.30. The normalized spacial score (nSPS) is 12.2. The predicted molar refractivity (Wildman–Crippen MR) is 58.2 cm³/mol. The van der Waals surface area contributed by atoms with E-state index in [1.807, 2.05) is 0 Å². The Labute approximate surface area is 94.4 Å². The Morgan fingerprint density at radius 1 is 1.67 bits per heavy atom. The summed E-state index contributed by atoms with van der Waals surface area (Å²) in [5.41, 5.74) is 5.48. The number of anilines is 1. The van der Waals surface area contributed by atoms with E-state index in [-0.39, 0.29) is 12.2 Å². The van der Waals surface area contributed by atoms with Gasteiger partial charge in [0.25, 0.3) is 0 Å². The summed E-state index contributed by atoms with van der Waals surface area (Å²) in [6, 6.07) is 3.30. The minimum atomic E-state index is -1.13. The summed E-state index contributed by atoms with van der Waals surface area (Å²) in [6.07, 6.45) is 0. The topological polar surface area (TPSA) is 75.3 Å². The third-order valence-corrected chi connectivity index (χ3v) is 2.25. The summed E-state index contributed by atoms with van der Waals surface area (Å²) in [6.45, 7) is -0.0251. The molecule has 0 aliphatic heterocycles. The van der Waals surface area contributed by atoms with Crippen molar-refractivity contribution in [1.82, 2.24) is 0 Å². The van der Waals surface area contributed by atoms with Crippen LogP contribution in [-0.2, 0) is 4.79 Å². The van der Waals surface area contributed by atoms with E-state index in [0.717, 1.165) is 0 Å². The number of benzene rings is 1. The standard InChI is InChI=1S/C9H10BrFN2O2/c10-5-1-2-6(11)8(3-5)13-4-7(12)9(14)15/h1-3,7,13H,4,12H2,(H,14,15)/t7-/m0/s1. The third-order valence-electron chi connectivity index (χ3n) is 1.76. The molecule has 0 bridgehead atoms. The molecule has 0 aliphatic rings. The second-order valence-electron chi connectivity index (χ2n) is 2.95. The van der Waals surface area contributed by atoms with Crippen LogP contribution < -0.4 is 11.1 Å². The highest BCUT2D eigenvalue weighted by molar-refractivity contribution is 9.10. The first-order valence-corrected chi connectivity index (χ1v) is 4.97. The lowest BCUT2D eigenvalue weighted by atomic mass is 10.2. The van der Waals surface area contributed by atoms with Crippen molar-refractivity contribution in [2.45, 2.75) is 6.04 Å². The second-order valence-corrected chi connectivity index (χ2v) is 3.87. The average Bonchev–Trinajstić information content (AvgIpc) is 2.18. The highest BCUT2D eigenvalue weighted by Crippen LogP contribution is 2.19. The van der Waals surface area contributed by atoms with E-state index in [9.17, 15) is 9.18 Å². The van der Waals surface area contributed by atoms with Gasteiger partial charge in [-0.2, -0.15) is 0 Å². The van der Waals surface area contributed by atoms with E-state index < -0.39 is 17.8 Å². The zero-order valence-corrected chi connectivity index (χ0v) is 9.29. The van der Waals surface area contributed by atoms with Crippen LogP contribution in [0.5, 0.6) is 0 Å². The van der Waals surface area contributed by atoms with Gasteiger partial charge in [-0.05, 0) is 18.2 Å². The Kier molecular flexibility index (Phi) is 4.05. The molecule has 0 heterocycles. The molecular weight excluding hydrogens is 267 g/mol. The summed E-state index contributed by atoms with van der Waals surface area (Å²) in [5, 5.41) is 11.1. The van der Waals surface area contributed by atoms with Crippen LogP contribution in [0.4, 0.5) is 10.1 Å². The van der Waals surface area contributed by atoms with Crippen LogP contribution in [0.25, 0.3) is 0 Å². The van der Waals surface area contributed by atoms with Gasteiger partial charge in [0, 0.05) is 11.0 Å². The van der Waals surface area contributed by atoms with E-state index in [4.69, 9.17) is 10.8 Å². The molecule has 0 amide bonds. The van der Waals surface area contributed by atoms with E-state index in [2.05, 4.69) is 21.2 Å². The highest BCUT2D eigenvalue weighted by Gasteiger charge is 2.11. The quantitative estimate of drug-likeness (QED) is 0.777. The largest absolute Gasteiger partial charge is 0.480 e. The molecule has 0 aliphatic carbocycles. The number of hydrogen-bond donors (Lipinski definition) is 3. The third kappa shape index (κ3) is 3.49. The molecule has 0 fully saturated rings. The van der Waals surface area contributed by atoms with E-state index in [0.29, 0.717) is 4.47 Å². The van der Waals surface area contributed by atoms with Gasteiger partial charge in [-0.3, -0.25) is 4.79 Å². The van der Waals surface area contributed by atoms with Gasteiger partial charge >= 0.3 is 5.97 Å². The Balaban J connectivity index is 2.65. The van der Waals surface area contributed by atoms with Crippen LogP contribution in [0.2, 0.25) is 0 Å². The lowest BCUT2D eigenvalue weighted by Gasteiger charge is -2.10. The molecule has 0 aromatic heterocycles. The van der Waals surface area contributed by atoms with Crippen molar-refractivity contribution in [2.75, 3.05) is 11.9 Å². The highest BCUT2D eigenvalue weighted by atomic mass is 79.9. The molecule has 6 heteroatoms. The number of rotatable bonds is 4. The SMILES string of the molecule is N[C@@H](CNc1cc(Br)ccc1F)C(=O)O. The molecule has 0 radical (unpaired) electrons. The molecule has 4 N–H and O–H groups in total. The first-order chi connectivity index (χ1) is 7.00. The summed E-state index contributed by atoms with van der Waals surface area (Å²) in [7, 11) is 0. The van der Waals surface area contributed by atoms with Crippen molar-refractivity contribution in [3.8, 4) is 0 Å². The Bertz CT molecular complexity index is 373. The van der Waals surface area contributed by atoms with Crippen LogP contribution in [0, 0.1) is 5.82 Å². The fourth-order valence-electron chi connectivity index (χ4n) is 0.940. The van der Waals surface area contributed by atoms with Gasteiger partial charge in [0.1, 0.15) is 11.9 Å². The summed E-state index contributed by atoms with van der Waals surface area (Å²) in [5.74, 6) is -1.58. The van der Waals surface area contributed by atoms with Crippen molar-refractivity contribution >= 4 is 27.6 Å². The zero-order valence-electron chi connectivity index (χ0n) is 7.71. The molecule has 82 valence electrons.